The maximum absolute atomic E-state index is 11.3. The Hall–Kier alpha value is -1.08. The van der Waals surface area contributed by atoms with E-state index in [0.717, 1.165) is 25.7 Å². The van der Waals surface area contributed by atoms with Gasteiger partial charge in [-0.25, -0.2) is 0 Å². The van der Waals surface area contributed by atoms with Gasteiger partial charge in [0.05, 0.1) is 12.0 Å². The second kappa shape index (κ2) is 4.83. The average molecular weight is 182 g/mol. The Morgan fingerprint density at radius 1 is 1.62 bits per heavy atom. The van der Waals surface area contributed by atoms with Crippen molar-refractivity contribution in [1.82, 2.24) is 5.48 Å². The van der Waals surface area contributed by atoms with Gasteiger partial charge >= 0.3 is 5.97 Å². The molecule has 1 fully saturated rings. The largest absolute Gasteiger partial charge is 0.369 e. The molecule has 0 aliphatic heterocycles. The maximum Gasteiger partial charge on any atom is 0.327 e. The van der Waals surface area contributed by atoms with Crippen molar-refractivity contribution in [1.29, 1.82) is 5.26 Å². The fraction of sp³-hybridized carbons (Fsp3) is 0.778. The number of hydrogen-bond donors (Lipinski definition) is 1. The van der Waals surface area contributed by atoms with Crippen LogP contribution in [0.3, 0.4) is 0 Å². The summed E-state index contributed by atoms with van der Waals surface area (Å²) >= 11 is 0. The molecule has 0 amide bonds. The summed E-state index contributed by atoms with van der Waals surface area (Å²) in [5, 5.41) is 8.41. The van der Waals surface area contributed by atoms with Crippen molar-refractivity contribution in [3.63, 3.8) is 0 Å². The van der Waals surface area contributed by atoms with Crippen LogP contribution in [0.25, 0.3) is 0 Å². The zero-order valence-corrected chi connectivity index (χ0v) is 7.75. The lowest BCUT2D eigenvalue weighted by Gasteiger charge is -2.10. The Morgan fingerprint density at radius 3 is 2.77 bits per heavy atom. The number of nitrogens with one attached hydrogen (secondary N) is 1. The van der Waals surface area contributed by atoms with Crippen molar-refractivity contribution < 1.29 is 9.63 Å². The van der Waals surface area contributed by atoms with Crippen molar-refractivity contribution in [2.45, 2.75) is 38.6 Å². The van der Waals surface area contributed by atoms with E-state index in [4.69, 9.17) is 10.1 Å². The van der Waals surface area contributed by atoms with Gasteiger partial charge in [-0.15, -0.1) is 5.48 Å². The van der Waals surface area contributed by atoms with Crippen molar-refractivity contribution in [3.05, 3.63) is 0 Å². The topological polar surface area (TPSA) is 62.1 Å². The fourth-order valence-electron chi connectivity index (χ4n) is 1.42. The van der Waals surface area contributed by atoms with Gasteiger partial charge < -0.3 is 4.84 Å². The molecular formula is C9H14N2O2. The predicted octanol–water partition coefficient (Wildman–Crippen LogP) is 1.14. The number of nitriles is 1. The highest BCUT2D eigenvalue weighted by atomic mass is 16.7. The average Bonchev–Trinajstić information content (AvgIpc) is 2.66. The molecule has 0 aromatic rings. The third-order valence-electron chi connectivity index (χ3n) is 2.22. The fourth-order valence-corrected chi connectivity index (χ4v) is 1.42. The van der Waals surface area contributed by atoms with Gasteiger partial charge in [0, 0.05) is 0 Å². The number of carbonyl (C=O) groups excluding carboxylic acids is 1. The number of rotatable bonds is 3. The van der Waals surface area contributed by atoms with E-state index in [9.17, 15) is 4.79 Å². The lowest BCUT2D eigenvalue weighted by Crippen LogP contribution is -2.30. The third kappa shape index (κ3) is 3.03. The SMILES string of the molecule is CC(C#N)NOC(=O)C1CCCC1. The van der Waals surface area contributed by atoms with Crippen LogP contribution in [-0.2, 0) is 9.63 Å². The Morgan fingerprint density at radius 2 is 2.23 bits per heavy atom. The van der Waals surface area contributed by atoms with Crippen LogP contribution in [0.5, 0.6) is 0 Å². The summed E-state index contributed by atoms with van der Waals surface area (Å²) < 4.78 is 0. The molecule has 1 unspecified atom stereocenters. The van der Waals surface area contributed by atoms with Gasteiger partial charge in [0.2, 0.25) is 0 Å². The Labute approximate surface area is 77.8 Å². The van der Waals surface area contributed by atoms with Crippen LogP contribution in [0.2, 0.25) is 0 Å². The highest BCUT2D eigenvalue weighted by Gasteiger charge is 2.24. The van der Waals surface area contributed by atoms with Crippen molar-refractivity contribution >= 4 is 5.97 Å². The van der Waals surface area contributed by atoms with Crippen molar-refractivity contribution in [3.8, 4) is 6.07 Å². The van der Waals surface area contributed by atoms with Gasteiger partial charge in [0.15, 0.2) is 0 Å². The van der Waals surface area contributed by atoms with Crippen LogP contribution in [0.15, 0.2) is 0 Å². The zero-order chi connectivity index (χ0) is 9.68. The summed E-state index contributed by atoms with van der Waals surface area (Å²) in [5.41, 5.74) is 2.40. The lowest BCUT2D eigenvalue weighted by molar-refractivity contribution is -0.156. The number of carbonyl (C=O) groups is 1. The summed E-state index contributed by atoms with van der Waals surface area (Å²) in [5.74, 6) is -0.182. The number of hydrogen-bond acceptors (Lipinski definition) is 4. The van der Waals surface area contributed by atoms with Crippen molar-refractivity contribution in [2.75, 3.05) is 0 Å². The van der Waals surface area contributed by atoms with E-state index in [1.807, 2.05) is 6.07 Å². The molecule has 1 aliphatic rings. The van der Waals surface area contributed by atoms with E-state index in [0.29, 0.717) is 0 Å². The van der Waals surface area contributed by atoms with Crippen molar-refractivity contribution in [2.24, 2.45) is 5.92 Å². The van der Waals surface area contributed by atoms with Gasteiger partial charge in [0.25, 0.3) is 0 Å². The van der Waals surface area contributed by atoms with Gasteiger partial charge in [-0.05, 0) is 19.8 Å². The standard InChI is InChI=1S/C9H14N2O2/c1-7(6-10)11-13-9(12)8-4-2-3-5-8/h7-8,11H,2-5H2,1H3. The normalized spacial score (nSPS) is 19.4. The Bertz CT molecular complexity index is 216. The molecule has 4 heteroatoms. The van der Waals surface area contributed by atoms with Crippen LogP contribution in [0.1, 0.15) is 32.6 Å². The highest BCUT2D eigenvalue weighted by molar-refractivity contribution is 5.72. The molecule has 0 spiro atoms. The molecule has 72 valence electrons. The lowest BCUT2D eigenvalue weighted by atomic mass is 10.1. The number of nitrogens with zero attached hydrogens (tertiary/aromatic N) is 1. The monoisotopic (exact) mass is 182 g/mol. The molecule has 1 N–H and O–H groups in total. The molecule has 0 aromatic carbocycles. The molecule has 0 bridgehead atoms. The van der Waals surface area contributed by atoms with Gasteiger partial charge in [-0.1, -0.05) is 12.8 Å². The molecule has 1 rings (SSSR count). The predicted molar refractivity (Wildman–Crippen MR) is 46.3 cm³/mol. The Balaban J connectivity index is 2.21. The molecular weight excluding hydrogens is 168 g/mol. The van der Waals surface area contributed by atoms with E-state index in [2.05, 4.69) is 5.48 Å². The van der Waals surface area contributed by atoms with Gasteiger partial charge in [0.1, 0.15) is 6.04 Å². The highest BCUT2D eigenvalue weighted by Crippen LogP contribution is 2.25. The van der Waals surface area contributed by atoms with E-state index in [-0.39, 0.29) is 11.9 Å². The van der Waals surface area contributed by atoms with Gasteiger partial charge in [-0.3, -0.25) is 4.79 Å². The molecule has 0 radical (unpaired) electrons. The first-order valence-electron chi connectivity index (χ1n) is 4.60. The molecule has 0 aromatic heterocycles. The van der Waals surface area contributed by atoms with E-state index >= 15 is 0 Å². The first-order chi connectivity index (χ1) is 6.24. The summed E-state index contributed by atoms with van der Waals surface area (Å²) in [6.07, 6.45) is 4.05. The molecule has 4 nitrogen and oxygen atoms in total. The van der Waals surface area contributed by atoms with Crippen LogP contribution in [0, 0.1) is 17.2 Å². The maximum atomic E-state index is 11.3. The molecule has 1 saturated carbocycles. The zero-order valence-electron chi connectivity index (χ0n) is 7.75. The van der Waals surface area contributed by atoms with E-state index in [1.165, 1.54) is 0 Å². The van der Waals surface area contributed by atoms with Crippen LogP contribution in [0.4, 0.5) is 0 Å². The third-order valence-corrected chi connectivity index (χ3v) is 2.22. The van der Waals surface area contributed by atoms with E-state index < -0.39 is 6.04 Å². The smallest absolute Gasteiger partial charge is 0.327 e. The first-order valence-corrected chi connectivity index (χ1v) is 4.60. The summed E-state index contributed by atoms with van der Waals surface area (Å²) in [6, 6.07) is 1.48. The van der Waals surface area contributed by atoms with Crippen LogP contribution >= 0.6 is 0 Å². The van der Waals surface area contributed by atoms with Gasteiger partial charge in [-0.2, -0.15) is 5.26 Å². The van der Waals surface area contributed by atoms with Crippen LogP contribution < -0.4 is 5.48 Å². The minimum atomic E-state index is -0.439. The second-order valence-electron chi connectivity index (χ2n) is 3.37. The summed E-state index contributed by atoms with van der Waals surface area (Å²) in [4.78, 5) is 16.0. The molecule has 13 heavy (non-hydrogen) atoms. The van der Waals surface area contributed by atoms with E-state index in [1.54, 1.807) is 6.92 Å². The minimum Gasteiger partial charge on any atom is -0.369 e. The number of hydroxylamine groups is 1. The Kier molecular flexibility index (Phi) is 3.71. The molecule has 0 saturated heterocycles. The molecule has 1 atom stereocenters. The summed E-state index contributed by atoms with van der Waals surface area (Å²) in [7, 11) is 0. The first kappa shape index (κ1) is 10.0. The second-order valence-corrected chi connectivity index (χ2v) is 3.37. The molecule has 0 heterocycles. The van der Waals surface area contributed by atoms with Crippen LogP contribution in [-0.4, -0.2) is 12.0 Å². The molecule has 1 aliphatic carbocycles. The quantitative estimate of drug-likeness (QED) is 0.665. The minimum absolute atomic E-state index is 0.0402. The summed E-state index contributed by atoms with van der Waals surface area (Å²) in [6.45, 7) is 1.64.